The lowest BCUT2D eigenvalue weighted by Crippen LogP contribution is -2.43. The molecule has 0 fully saturated rings. The quantitative estimate of drug-likeness (QED) is 0.839. The van der Waals surface area contributed by atoms with Crippen LogP contribution < -0.4 is 4.72 Å². The molecule has 0 aromatic heterocycles. The van der Waals surface area contributed by atoms with E-state index in [1.54, 1.807) is 26.8 Å². The number of hydrogen-bond donors (Lipinski definition) is 1. The molecule has 17 heavy (non-hydrogen) atoms. The molecule has 0 spiro atoms. The third kappa shape index (κ3) is 3.27. The van der Waals surface area contributed by atoms with Gasteiger partial charge in [-0.3, -0.25) is 0 Å². The van der Waals surface area contributed by atoms with Gasteiger partial charge in [0.2, 0.25) is 0 Å². The Hall–Kier alpha value is -0.920. The molecule has 1 N–H and O–H groups in total. The molecule has 0 unspecified atom stereocenters. The van der Waals surface area contributed by atoms with Crippen molar-refractivity contribution in [1.82, 2.24) is 4.72 Å². The molecule has 1 rings (SSSR count). The minimum absolute atomic E-state index is 0.239. The minimum Gasteiger partial charge on any atom is -0.206 e. The fourth-order valence-electron chi connectivity index (χ4n) is 1.14. The molecule has 0 aliphatic rings. The topological polar surface area (TPSA) is 80.3 Å². The maximum atomic E-state index is 11.9. The molecule has 0 bridgehead atoms. The first-order chi connectivity index (χ1) is 7.56. The molecule has 0 saturated heterocycles. The Kier molecular flexibility index (Phi) is 3.66. The average Bonchev–Trinajstić information content (AvgIpc) is 2.15. The van der Waals surface area contributed by atoms with Gasteiger partial charge in [-0.15, -0.1) is 0 Å². The third-order valence-electron chi connectivity index (χ3n) is 1.75. The van der Waals surface area contributed by atoms with Crippen molar-refractivity contribution in [3.8, 4) is 0 Å². The lowest BCUT2D eigenvalue weighted by molar-refractivity contribution is 0.495. The Morgan fingerprint density at radius 1 is 0.941 bits per heavy atom. The van der Waals surface area contributed by atoms with Gasteiger partial charge >= 0.3 is 9.06 Å². The van der Waals surface area contributed by atoms with Gasteiger partial charge in [0.15, 0.2) is 0 Å². The Bertz CT molecular complexity index is 583. The molecule has 0 aliphatic carbocycles. The number of benzene rings is 1. The summed E-state index contributed by atoms with van der Waals surface area (Å²) in [6.07, 6.45) is 0. The Labute approximate surface area is 101 Å². The van der Waals surface area contributed by atoms with Gasteiger partial charge in [0.25, 0.3) is 8.87 Å². The van der Waals surface area contributed by atoms with Gasteiger partial charge in [0, 0.05) is 5.54 Å². The summed E-state index contributed by atoms with van der Waals surface area (Å²) in [7, 11) is -8.86. The number of nitrogens with one attached hydrogen (secondary N) is 1. The van der Waals surface area contributed by atoms with Crippen LogP contribution in [0, 0.1) is 0 Å². The monoisotopic (exact) mass is 277 g/mol. The summed E-state index contributed by atoms with van der Waals surface area (Å²) in [6.45, 7) is 4.72. The average molecular weight is 277 g/mol. The van der Waals surface area contributed by atoms with Gasteiger partial charge in [0.1, 0.15) is 0 Å². The van der Waals surface area contributed by atoms with Crippen LogP contribution in [0.2, 0.25) is 0 Å². The third-order valence-corrected chi connectivity index (χ3v) is 6.60. The first-order valence-corrected chi connectivity index (χ1v) is 8.39. The van der Waals surface area contributed by atoms with Gasteiger partial charge < -0.3 is 0 Å². The molecule has 0 atom stereocenters. The largest absolute Gasteiger partial charge is 0.322 e. The van der Waals surface area contributed by atoms with Gasteiger partial charge in [-0.05, 0) is 32.9 Å². The summed E-state index contributed by atoms with van der Waals surface area (Å²) in [6, 6.07) is 7.05. The van der Waals surface area contributed by atoms with Crippen LogP contribution in [0.4, 0.5) is 0 Å². The zero-order chi connectivity index (χ0) is 13.3. The molecule has 1 aromatic rings. The van der Waals surface area contributed by atoms with Crippen LogP contribution in [0.15, 0.2) is 35.2 Å². The van der Waals surface area contributed by atoms with Crippen molar-refractivity contribution in [2.24, 2.45) is 0 Å². The molecule has 5 nitrogen and oxygen atoms in total. The fraction of sp³-hybridized carbons (Fsp3) is 0.400. The van der Waals surface area contributed by atoms with Gasteiger partial charge in [-0.1, -0.05) is 18.2 Å². The first kappa shape index (κ1) is 14.1. The van der Waals surface area contributed by atoms with E-state index in [4.69, 9.17) is 0 Å². The van der Waals surface area contributed by atoms with Crippen LogP contribution in [0.1, 0.15) is 20.8 Å². The van der Waals surface area contributed by atoms with E-state index in [1.165, 1.54) is 24.3 Å². The molecule has 0 heterocycles. The van der Waals surface area contributed by atoms with E-state index in [0.717, 1.165) is 0 Å². The predicted molar refractivity (Wildman–Crippen MR) is 65.4 cm³/mol. The van der Waals surface area contributed by atoms with Crippen LogP contribution in [-0.4, -0.2) is 22.4 Å². The van der Waals surface area contributed by atoms with Crippen LogP contribution in [0.25, 0.3) is 0 Å². The molecular weight excluding hydrogens is 262 g/mol. The summed E-state index contributed by atoms with van der Waals surface area (Å²) >= 11 is 0. The lowest BCUT2D eigenvalue weighted by Gasteiger charge is -2.20. The maximum absolute atomic E-state index is 11.9. The SMILES string of the molecule is CC(C)(C)NS(=O)(=O)S(=O)(=O)c1ccccc1. The van der Waals surface area contributed by atoms with Crippen molar-refractivity contribution in [2.75, 3.05) is 0 Å². The molecule has 0 radical (unpaired) electrons. The van der Waals surface area contributed by atoms with Gasteiger partial charge in [0.05, 0.1) is 4.90 Å². The standard InChI is InChI=1S/C10H15NO4S2/c1-10(2,3)11-17(14,15)16(12,13)9-7-5-4-6-8-9/h4-8,11H,1-3H3. The molecule has 1 aromatic carbocycles. The van der Waals surface area contributed by atoms with E-state index in [9.17, 15) is 16.8 Å². The minimum atomic E-state index is -4.45. The molecular formula is C10H15NO4S2. The van der Waals surface area contributed by atoms with Gasteiger partial charge in [-0.2, -0.15) is 13.1 Å². The lowest BCUT2D eigenvalue weighted by atomic mass is 10.1. The van der Waals surface area contributed by atoms with Crippen LogP contribution in [-0.2, 0) is 17.9 Å². The normalized spacial score (nSPS) is 13.6. The molecule has 0 saturated carbocycles. The van der Waals surface area contributed by atoms with Crippen molar-refractivity contribution in [3.63, 3.8) is 0 Å². The van der Waals surface area contributed by atoms with Crippen molar-refractivity contribution in [3.05, 3.63) is 30.3 Å². The summed E-state index contributed by atoms with van der Waals surface area (Å²) in [5, 5.41) is 0. The van der Waals surface area contributed by atoms with E-state index in [1.807, 2.05) is 0 Å². The molecule has 0 aliphatic heterocycles. The van der Waals surface area contributed by atoms with E-state index in [-0.39, 0.29) is 4.90 Å². The summed E-state index contributed by atoms with van der Waals surface area (Å²) in [5.41, 5.74) is -0.847. The zero-order valence-corrected chi connectivity index (χ0v) is 11.5. The van der Waals surface area contributed by atoms with E-state index in [2.05, 4.69) is 4.72 Å². The molecule has 96 valence electrons. The maximum Gasteiger partial charge on any atom is 0.322 e. The first-order valence-electron chi connectivity index (χ1n) is 4.90. The second kappa shape index (κ2) is 4.40. The Morgan fingerprint density at radius 3 is 1.82 bits per heavy atom. The number of hydrogen-bond acceptors (Lipinski definition) is 4. The van der Waals surface area contributed by atoms with Crippen molar-refractivity contribution >= 4 is 17.9 Å². The Morgan fingerprint density at radius 2 is 1.41 bits per heavy atom. The zero-order valence-electron chi connectivity index (χ0n) is 9.84. The van der Waals surface area contributed by atoms with Crippen molar-refractivity contribution < 1.29 is 16.8 Å². The Balaban J connectivity index is 3.26. The van der Waals surface area contributed by atoms with Crippen LogP contribution >= 0.6 is 0 Å². The molecule has 0 amide bonds. The second-order valence-electron chi connectivity index (χ2n) is 4.57. The van der Waals surface area contributed by atoms with Crippen molar-refractivity contribution in [1.29, 1.82) is 0 Å². The highest BCUT2D eigenvalue weighted by molar-refractivity contribution is 8.66. The smallest absolute Gasteiger partial charge is 0.206 e. The van der Waals surface area contributed by atoms with E-state index in [0.29, 0.717) is 0 Å². The summed E-state index contributed by atoms with van der Waals surface area (Å²) < 4.78 is 49.4. The second-order valence-corrected chi connectivity index (χ2v) is 9.70. The highest BCUT2D eigenvalue weighted by atomic mass is 33.2. The van der Waals surface area contributed by atoms with E-state index >= 15 is 0 Å². The van der Waals surface area contributed by atoms with E-state index < -0.39 is 23.5 Å². The van der Waals surface area contributed by atoms with Gasteiger partial charge in [-0.25, -0.2) is 8.42 Å². The number of rotatable bonds is 3. The summed E-state index contributed by atoms with van der Waals surface area (Å²) in [5.74, 6) is 0. The van der Waals surface area contributed by atoms with Crippen molar-refractivity contribution in [2.45, 2.75) is 31.2 Å². The van der Waals surface area contributed by atoms with Crippen LogP contribution in [0.5, 0.6) is 0 Å². The highest BCUT2D eigenvalue weighted by Gasteiger charge is 2.34. The van der Waals surface area contributed by atoms with Crippen LogP contribution in [0.3, 0.4) is 0 Å². The summed E-state index contributed by atoms with van der Waals surface area (Å²) in [4.78, 5) is -0.239. The predicted octanol–water partition coefficient (Wildman–Crippen LogP) is 1.09. The molecule has 7 heteroatoms. The fourth-order valence-corrected chi connectivity index (χ4v) is 4.92. The highest BCUT2D eigenvalue weighted by Crippen LogP contribution is 2.17.